The summed E-state index contributed by atoms with van der Waals surface area (Å²) in [5.74, 6) is 0.684. The molecule has 0 spiro atoms. The number of amides is 1. The van der Waals surface area contributed by atoms with Crippen LogP contribution in [0.1, 0.15) is 32.1 Å². The number of fused-ring (bicyclic) bond motifs is 2. The molecule has 0 radical (unpaired) electrons. The van der Waals surface area contributed by atoms with Crippen LogP contribution in [-0.2, 0) is 14.3 Å². The molecule has 2 N–H and O–H groups in total. The third-order valence-corrected chi connectivity index (χ3v) is 5.27. The molecule has 3 fully saturated rings. The van der Waals surface area contributed by atoms with Crippen molar-refractivity contribution >= 4 is 11.9 Å². The fraction of sp³-hybridized carbons (Fsp3) is 0.857. The molecule has 19 heavy (non-hydrogen) atoms. The highest BCUT2D eigenvalue weighted by Gasteiger charge is 2.51. The van der Waals surface area contributed by atoms with Crippen LogP contribution in [0.25, 0.3) is 0 Å². The molecule has 5 heteroatoms. The van der Waals surface area contributed by atoms with Crippen LogP contribution in [0.15, 0.2) is 0 Å². The van der Waals surface area contributed by atoms with Gasteiger partial charge in [0.1, 0.15) is 6.04 Å². The van der Waals surface area contributed by atoms with E-state index < -0.39 is 0 Å². The molecular formula is C14H22N2O3. The molecule has 106 valence electrons. The molecule has 2 bridgehead atoms. The topological polar surface area (TPSA) is 72.6 Å². The first-order valence-electron chi connectivity index (χ1n) is 7.27. The Kier molecular flexibility index (Phi) is 3.25. The van der Waals surface area contributed by atoms with Gasteiger partial charge in [-0.3, -0.25) is 4.79 Å². The summed E-state index contributed by atoms with van der Waals surface area (Å²) >= 11 is 0. The molecule has 2 aliphatic carbocycles. The summed E-state index contributed by atoms with van der Waals surface area (Å²) in [4.78, 5) is 26.2. The van der Waals surface area contributed by atoms with Gasteiger partial charge >= 0.3 is 5.97 Å². The zero-order valence-electron chi connectivity index (χ0n) is 11.4. The van der Waals surface area contributed by atoms with E-state index in [2.05, 4.69) is 0 Å². The Morgan fingerprint density at radius 3 is 2.58 bits per heavy atom. The lowest BCUT2D eigenvalue weighted by Crippen LogP contribution is -2.50. The van der Waals surface area contributed by atoms with Gasteiger partial charge < -0.3 is 15.4 Å². The molecule has 0 aromatic carbocycles. The zero-order valence-corrected chi connectivity index (χ0v) is 11.4. The van der Waals surface area contributed by atoms with Crippen molar-refractivity contribution in [3.05, 3.63) is 0 Å². The number of nitrogens with zero attached hydrogens (tertiary/aromatic N) is 1. The van der Waals surface area contributed by atoms with E-state index in [4.69, 9.17) is 10.5 Å². The van der Waals surface area contributed by atoms with Gasteiger partial charge in [-0.05, 0) is 43.9 Å². The molecule has 1 amide bonds. The SMILES string of the molecule is COC(=O)C1CCCN1C(=O)C1C2CCC(C2)C1N. The first-order valence-corrected chi connectivity index (χ1v) is 7.27. The number of esters is 1. The van der Waals surface area contributed by atoms with Gasteiger partial charge in [-0.25, -0.2) is 4.79 Å². The number of ether oxygens (including phenoxy) is 1. The maximum atomic E-state index is 12.7. The van der Waals surface area contributed by atoms with E-state index >= 15 is 0 Å². The largest absolute Gasteiger partial charge is 0.467 e. The molecule has 0 aromatic heterocycles. The second-order valence-electron chi connectivity index (χ2n) is 6.15. The summed E-state index contributed by atoms with van der Waals surface area (Å²) in [5.41, 5.74) is 6.22. The number of methoxy groups -OCH3 is 1. The average molecular weight is 266 g/mol. The van der Waals surface area contributed by atoms with Gasteiger partial charge in [-0.1, -0.05) is 0 Å². The summed E-state index contributed by atoms with van der Waals surface area (Å²) in [6.45, 7) is 0.666. The smallest absolute Gasteiger partial charge is 0.328 e. The Labute approximate surface area is 113 Å². The summed E-state index contributed by atoms with van der Waals surface area (Å²) in [6.07, 6.45) is 4.96. The van der Waals surface area contributed by atoms with Crippen molar-refractivity contribution in [2.24, 2.45) is 23.5 Å². The van der Waals surface area contributed by atoms with Crippen LogP contribution < -0.4 is 5.73 Å². The van der Waals surface area contributed by atoms with Crippen LogP contribution in [0, 0.1) is 17.8 Å². The first-order chi connectivity index (χ1) is 9.13. The Hall–Kier alpha value is -1.10. The molecule has 5 nitrogen and oxygen atoms in total. The van der Waals surface area contributed by atoms with Crippen LogP contribution in [-0.4, -0.2) is 42.5 Å². The fourth-order valence-corrected chi connectivity index (χ4v) is 4.31. The van der Waals surface area contributed by atoms with Gasteiger partial charge in [-0.15, -0.1) is 0 Å². The predicted molar refractivity (Wildman–Crippen MR) is 69.0 cm³/mol. The normalized spacial score (nSPS) is 40.7. The third-order valence-electron chi connectivity index (χ3n) is 5.27. The molecule has 3 aliphatic rings. The maximum Gasteiger partial charge on any atom is 0.328 e. The number of likely N-dealkylation sites (tertiary alicyclic amines) is 1. The van der Waals surface area contributed by atoms with E-state index in [1.165, 1.54) is 7.11 Å². The van der Waals surface area contributed by atoms with E-state index in [1.807, 2.05) is 0 Å². The minimum atomic E-state index is -0.385. The van der Waals surface area contributed by atoms with E-state index in [1.54, 1.807) is 4.90 Å². The number of carbonyl (C=O) groups is 2. The second-order valence-corrected chi connectivity index (χ2v) is 6.15. The molecule has 0 aromatic rings. The van der Waals surface area contributed by atoms with Crippen molar-refractivity contribution in [2.75, 3.05) is 13.7 Å². The van der Waals surface area contributed by atoms with Crippen molar-refractivity contribution in [3.63, 3.8) is 0 Å². The summed E-state index contributed by atoms with van der Waals surface area (Å²) in [6, 6.07) is -0.394. The average Bonchev–Trinajstić information content (AvgIpc) is 3.11. The molecule has 1 heterocycles. The van der Waals surface area contributed by atoms with Crippen LogP contribution >= 0.6 is 0 Å². The molecule has 3 rings (SSSR count). The number of rotatable bonds is 2. The highest BCUT2D eigenvalue weighted by molar-refractivity contribution is 5.87. The lowest BCUT2D eigenvalue weighted by atomic mass is 9.84. The molecule has 5 atom stereocenters. The number of hydrogen-bond acceptors (Lipinski definition) is 4. The van der Waals surface area contributed by atoms with Crippen LogP contribution in [0.4, 0.5) is 0 Å². The van der Waals surface area contributed by atoms with E-state index in [9.17, 15) is 9.59 Å². The molecule has 1 saturated heterocycles. The highest BCUT2D eigenvalue weighted by Crippen LogP contribution is 2.48. The standard InChI is InChI=1S/C14H22N2O3/c1-19-14(18)10-3-2-6-16(10)13(17)11-8-4-5-9(7-8)12(11)15/h8-12H,2-7,15H2,1H3. The lowest BCUT2D eigenvalue weighted by Gasteiger charge is -2.32. The van der Waals surface area contributed by atoms with Gasteiger partial charge in [0, 0.05) is 12.6 Å². The lowest BCUT2D eigenvalue weighted by molar-refractivity contribution is -0.153. The van der Waals surface area contributed by atoms with E-state index in [0.29, 0.717) is 24.8 Å². The van der Waals surface area contributed by atoms with Gasteiger partial charge in [0.15, 0.2) is 0 Å². The van der Waals surface area contributed by atoms with Crippen LogP contribution in [0.3, 0.4) is 0 Å². The first kappa shape index (κ1) is 12.9. The zero-order chi connectivity index (χ0) is 13.6. The summed E-state index contributed by atoms with van der Waals surface area (Å²) in [7, 11) is 1.38. The van der Waals surface area contributed by atoms with Crippen molar-refractivity contribution in [1.29, 1.82) is 0 Å². The highest BCUT2D eigenvalue weighted by atomic mass is 16.5. The maximum absolute atomic E-state index is 12.7. The Balaban J connectivity index is 1.75. The van der Waals surface area contributed by atoms with Crippen LogP contribution in [0.5, 0.6) is 0 Å². The molecule has 1 aliphatic heterocycles. The van der Waals surface area contributed by atoms with E-state index in [0.717, 1.165) is 25.7 Å². The number of nitrogens with two attached hydrogens (primary N) is 1. The van der Waals surface area contributed by atoms with Crippen molar-refractivity contribution in [3.8, 4) is 0 Å². The summed E-state index contributed by atoms with van der Waals surface area (Å²) < 4.78 is 4.80. The molecular weight excluding hydrogens is 244 g/mol. The number of carbonyl (C=O) groups excluding carboxylic acids is 2. The third kappa shape index (κ3) is 1.95. The fourth-order valence-electron chi connectivity index (χ4n) is 4.31. The number of hydrogen-bond donors (Lipinski definition) is 1. The van der Waals surface area contributed by atoms with Crippen molar-refractivity contribution in [1.82, 2.24) is 4.90 Å². The predicted octanol–water partition coefficient (Wildman–Crippen LogP) is 0.524. The Bertz CT molecular complexity index is 396. The van der Waals surface area contributed by atoms with Crippen molar-refractivity contribution < 1.29 is 14.3 Å². The van der Waals surface area contributed by atoms with Gasteiger partial charge in [0.25, 0.3) is 0 Å². The molecule has 5 unspecified atom stereocenters. The Morgan fingerprint density at radius 2 is 1.95 bits per heavy atom. The van der Waals surface area contributed by atoms with E-state index in [-0.39, 0.29) is 29.9 Å². The molecule has 2 saturated carbocycles. The quantitative estimate of drug-likeness (QED) is 0.740. The van der Waals surface area contributed by atoms with Crippen molar-refractivity contribution in [2.45, 2.75) is 44.2 Å². The van der Waals surface area contributed by atoms with Gasteiger partial charge in [-0.2, -0.15) is 0 Å². The van der Waals surface area contributed by atoms with Gasteiger partial charge in [0.2, 0.25) is 5.91 Å². The van der Waals surface area contributed by atoms with Gasteiger partial charge in [0.05, 0.1) is 13.0 Å². The minimum Gasteiger partial charge on any atom is -0.467 e. The summed E-state index contributed by atoms with van der Waals surface area (Å²) in [5, 5.41) is 0. The second kappa shape index (κ2) is 4.78. The monoisotopic (exact) mass is 266 g/mol. The Morgan fingerprint density at radius 1 is 1.21 bits per heavy atom. The minimum absolute atomic E-state index is 0.00912. The van der Waals surface area contributed by atoms with Crippen LogP contribution in [0.2, 0.25) is 0 Å².